The molecule has 0 saturated heterocycles. The first-order valence-corrected chi connectivity index (χ1v) is 7.61. The van der Waals surface area contributed by atoms with E-state index in [9.17, 15) is 4.79 Å². The minimum absolute atomic E-state index is 0. The summed E-state index contributed by atoms with van der Waals surface area (Å²) in [7, 11) is 3.38. The van der Waals surface area contributed by atoms with E-state index in [0.29, 0.717) is 5.92 Å². The quantitative estimate of drug-likeness (QED) is 0.853. The fourth-order valence-corrected chi connectivity index (χ4v) is 3.32. The number of ether oxygens (including phenoxy) is 1. The van der Waals surface area contributed by atoms with Crippen LogP contribution in [0, 0.1) is 5.92 Å². The summed E-state index contributed by atoms with van der Waals surface area (Å²) in [5.74, 6) is 0.188. The van der Waals surface area contributed by atoms with E-state index >= 15 is 0 Å². The summed E-state index contributed by atoms with van der Waals surface area (Å²) >= 11 is 0. The molecule has 2 aromatic carbocycles. The van der Waals surface area contributed by atoms with Crippen LogP contribution in [0.25, 0.3) is 11.1 Å². The standard InChI is InChI=1S/C19H21NO2.ClH/c1-20-13-17-12-19(17,18(21)22-2)16-10-8-15(9-11-16)14-6-4-3-5-7-14;/h3-11,17,20H,12-13H2,1-2H3;1H. The van der Waals surface area contributed by atoms with Gasteiger partial charge in [0.05, 0.1) is 12.5 Å². The van der Waals surface area contributed by atoms with Crippen molar-refractivity contribution >= 4 is 18.4 Å². The minimum atomic E-state index is -0.465. The maximum Gasteiger partial charge on any atom is 0.316 e. The fraction of sp³-hybridized carbons (Fsp3) is 0.316. The molecule has 2 aromatic rings. The van der Waals surface area contributed by atoms with Gasteiger partial charge in [0.15, 0.2) is 0 Å². The van der Waals surface area contributed by atoms with E-state index < -0.39 is 5.41 Å². The summed E-state index contributed by atoms with van der Waals surface area (Å²) in [4.78, 5) is 12.3. The van der Waals surface area contributed by atoms with Crippen molar-refractivity contribution in [3.05, 3.63) is 60.2 Å². The normalized spacial score (nSPS) is 22.1. The van der Waals surface area contributed by atoms with E-state index in [0.717, 1.165) is 24.1 Å². The maximum absolute atomic E-state index is 12.3. The summed E-state index contributed by atoms with van der Waals surface area (Å²) in [6.45, 7) is 0.829. The van der Waals surface area contributed by atoms with Gasteiger partial charge in [0.1, 0.15) is 0 Å². The zero-order valence-electron chi connectivity index (χ0n) is 13.4. The van der Waals surface area contributed by atoms with Gasteiger partial charge in [-0.25, -0.2) is 0 Å². The van der Waals surface area contributed by atoms with Crippen LogP contribution in [0.15, 0.2) is 54.6 Å². The van der Waals surface area contributed by atoms with E-state index in [1.165, 1.54) is 12.7 Å². The number of hydrogen-bond acceptors (Lipinski definition) is 3. The molecule has 0 aliphatic heterocycles. The molecule has 1 fully saturated rings. The van der Waals surface area contributed by atoms with Gasteiger partial charge in [0.25, 0.3) is 0 Å². The Morgan fingerprint density at radius 2 is 1.74 bits per heavy atom. The zero-order chi connectivity index (χ0) is 15.6. The monoisotopic (exact) mass is 331 g/mol. The molecule has 23 heavy (non-hydrogen) atoms. The predicted molar refractivity (Wildman–Crippen MR) is 94.9 cm³/mol. The second-order valence-electron chi connectivity index (χ2n) is 5.87. The third-order valence-corrected chi connectivity index (χ3v) is 4.61. The highest BCUT2D eigenvalue weighted by molar-refractivity contribution is 5.87. The van der Waals surface area contributed by atoms with E-state index in [2.05, 4.69) is 41.7 Å². The Balaban J connectivity index is 0.00000192. The minimum Gasteiger partial charge on any atom is -0.468 e. The van der Waals surface area contributed by atoms with Crippen LogP contribution in [-0.4, -0.2) is 26.7 Å². The van der Waals surface area contributed by atoms with E-state index in [1.807, 2.05) is 25.2 Å². The molecule has 0 spiro atoms. The number of halogens is 1. The van der Waals surface area contributed by atoms with Crippen LogP contribution in [-0.2, 0) is 14.9 Å². The highest BCUT2D eigenvalue weighted by Crippen LogP contribution is 2.55. The number of hydrogen-bond donors (Lipinski definition) is 1. The van der Waals surface area contributed by atoms with Gasteiger partial charge >= 0.3 is 5.97 Å². The van der Waals surface area contributed by atoms with Crippen molar-refractivity contribution in [3.63, 3.8) is 0 Å². The molecule has 1 aliphatic carbocycles. The third-order valence-electron chi connectivity index (χ3n) is 4.61. The van der Waals surface area contributed by atoms with Gasteiger partial charge in [-0.3, -0.25) is 4.79 Å². The van der Waals surface area contributed by atoms with Crippen LogP contribution in [0.1, 0.15) is 12.0 Å². The summed E-state index contributed by atoms with van der Waals surface area (Å²) < 4.78 is 5.06. The van der Waals surface area contributed by atoms with Crippen LogP contribution in [0.5, 0.6) is 0 Å². The van der Waals surface area contributed by atoms with Crippen molar-refractivity contribution in [2.24, 2.45) is 5.92 Å². The van der Waals surface area contributed by atoms with E-state index in [4.69, 9.17) is 4.74 Å². The van der Waals surface area contributed by atoms with Crippen molar-refractivity contribution in [3.8, 4) is 11.1 Å². The lowest BCUT2D eigenvalue weighted by Crippen LogP contribution is -2.27. The molecule has 0 aromatic heterocycles. The topological polar surface area (TPSA) is 38.3 Å². The molecule has 0 heterocycles. The SMILES string of the molecule is CNCC1CC1(C(=O)OC)c1ccc(-c2ccccc2)cc1.Cl. The smallest absolute Gasteiger partial charge is 0.316 e. The summed E-state index contributed by atoms with van der Waals surface area (Å²) in [5.41, 5.74) is 2.94. The fourth-order valence-electron chi connectivity index (χ4n) is 3.32. The zero-order valence-corrected chi connectivity index (χ0v) is 14.2. The molecule has 0 radical (unpaired) electrons. The van der Waals surface area contributed by atoms with Gasteiger partial charge in [-0.1, -0.05) is 54.6 Å². The number of benzene rings is 2. The summed E-state index contributed by atoms with van der Waals surface area (Å²) in [5, 5.41) is 3.16. The molecule has 3 nitrogen and oxygen atoms in total. The van der Waals surface area contributed by atoms with Crippen molar-refractivity contribution < 1.29 is 9.53 Å². The Hall–Kier alpha value is -1.84. The average Bonchev–Trinajstić information content (AvgIpc) is 3.31. The third kappa shape index (κ3) is 3.12. The van der Waals surface area contributed by atoms with Crippen molar-refractivity contribution in [1.82, 2.24) is 5.32 Å². The van der Waals surface area contributed by atoms with Gasteiger partial charge in [0, 0.05) is 0 Å². The molecule has 0 amide bonds. The lowest BCUT2D eigenvalue weighted by Gasteiger charge is -2.16. The first-order valence-electron chi connectivity index (χ1n) is 7.61. The van der Waals surface area contributed by atoms with Crippen LogP contribution in [0.3, 0.4) is 0 Å². The molecule has 2 atom stereocenters. The molecule has 1 saturated carbocycles. The van der Waals surface area contributed by atoms with E-state index in [-0.39, 0.29) is 18.4 Å². The number of methoxy groups -OCH3 is 1. The first-order chi connectivity index (χ1) is 10.7. The molecular formula is C19H22ClNO2. The summed E-state index contributed by atoms with van der Waals surface area (Å²) in [6.07, 6.45) is 0.852. The number of nitrogens with one attached hydrogen (secondary N) is 1. The second-order valence-corrected chi connectivity index (χ2v) is 5.87. The highest BCUT2D eigenvalue weighted by Gasteiger charge is 2.61. The van der Waals surface area contributed by atoms with Crippen molar-refractivity contribution in [2.45, 2.75) is 11.8 Å². The predicted octanol–water partition coefficient (Wildman–Crippen LogP) is 3.43. The Morgan fingerprint density at radius 1 is 1.13 bits per heavy atom. The lowest BCUT2D eigenvalue weighted by atomic mass is 9.91. The first kappa shape index (κ1) is 17.5. The molecule has 1 aliphatic rings. The molecule has 0 bridgehead atoms. The maximum atomic E-state index is 12.3. The molecule has 1 N–H and O–H groups in total. The van der Waals surface area contributed by atoms with E-state index in [1.54, 1.807) is 0 Å². The largest absolute Gasteiger partial charge is 0.468 e. The highest BCUT2D eigenvalue weighted by atomic mass is 35.5. The van der Waals surface area contributed by atoms with Crippen molar-refractivity contribution in [2.75, 3.05) is 20.7 Å². The Labute approximate surface area is 143 Å². The van der Waals surface area contributed by atoms with Crippen LogP contribution in [0.4, 0.5) is 0 Å². The Morgan fingerprint density at radius 3 is 2.30 bits per heavy atom. The van der Waals surface area contributed by atoms with Gasteiger partial charge in [0.2, 0.25) is 0 Å². The van der Waals surface area contributed by atoms with Gasteiger partial charge in [-0.15, -0.1) is 12.4 Å². The van der Waals surface area contributed by atoms with Gasteiger partial charge in [-0.2, -0.15) is 0 Å². The van der Waals surface area contributed by atoms with Crippen LogP contribution in [0.2, 0.25) is 0 Å². The molecular weight excluding hydrogens is 310 g/mol. The Kier molecular flexibility index (Phi) is 5.45. The lowest BCUT2D eigenvalue weighted by molar-refractivity contribution is -0.144. The number of carbonyl (C=O) groups excluding carboxylic acids is 1. The van der Waals surface area contributed by atoms with Crippen LogP contribution >= 0.6 is 12.4 Å². The summed E-state index contributed by atoms with van der Waals surface area (Å²) in [6, 6.07) is 18.6. The Bertz CT molecular complexity index is 657. The molecule has 122 valence electrons. The van der Waals surface area contributed by atoms with Gasteiger partial charge in [-0.05, 0) is 42.6 Å². The number of rotatable bonds is 5. The average molecular weight is 332 g/mol. The van der Waals surface area contributed by atoms with Crippen LogP contribution < -0.4 is 5.32 Å². The van der Waals surface area contributed by atoms with Gasteiger partial charge < -0.3 is 10.1 Å². The number of carbonyl (C=O) groups is 1. The number of esters is 1. The second kappa shape index (κ2) is 7.16. The molecule has 2 unspecified atom stereocenters. The molecule has 3 rings (SSSR count). The molecule has 4 heteroatoms. The van der Waals surface area contributed by atoms with Crippen molar-refractivity contribution in [1.29, 1.82) is 0 Å².